The number of aromatic nitrogens is 1. The lowest BCUT2D eigenvalue weighted by atomic mass is 9.97. The highest BCUT2D eigenvalue weighted by Crippen LogP contribution is 2.31. The molecule has 4 rings (SSSR count). The van der Waals surface area contributed by atoms with Gasteiger partial charge in [0.05, 0.1) is 10.4 Å². The highest BCUT2D eigenvalue weighted by atomic mass is 32.1. The molecular weight excluding hydrogens is 354 g/mol. The van der Waals surface area contributed by atoms with Gasteiger partial charge in [-0.15, -0.1) is 11.3 Å². The van der Waals surface area contributed by atoms with E-state index in [-0.39, 0.29) is 5.78 Å². The maximum atomic E-state index is 12.7. The maximum Gasteiger partial charge on any atom is 0.202 e. The zero-order chi connectivity index (χ0) is 19.0. The number of hydrogen-bond donors (Lipinski definition) is 1. The lowest BCUT2D eigenvalue weighted by Gasteiger charge is -2.27. The summed E-state index contributed by atoms with van der Waals surface area (Å²) in [5.41, 5.74) is 4.15. The number of nitrogens with zero attached hydrogens (tertiary/aromatic N) is 2. The van der Waals surface area contributed by atoms with E-state index >= 15 is 0 Å². The van der Waals surface area contributed by atoms with Crippen LogP contribution in [0.25, 0.3) is 16.5 Å². The molecule has 0 spiro atoms. The molecule has 0 unspecified atom stereocenters. The molecule has 3 heterocycles. The van der Waals surface area contributed by atoms with Crippen molar-refractivity contribution in [3.05, 3.63) is 64.0 Å². The first kappa shape index (κ1) is 18.0. The van der Waals surface area contributed by atoms with Gasteiger partial charge in [-0.05, 0) is 47.6 Å². The smallest absolute Gasteiger partial charge is 0.202 e. The van der Waals surface area contributed by atoms with Crippen molar-refractivity contribution >= 4 is 33.6 Å². The second kappa shape index (κ2) is 7.33. The van der Waals surface area contributed by atoms with Crippen LogP contribution in [0.4, 0.5) is 0 Å². The quantitative estimate of drug-likeness (QED) is 0.528. The Bertz CT molecular complexity index is 998. The van der Waals surface area contributed by atoms with Crippen molar-refractivity contribution in [3.8, 4) is 0 Å². The molecule has 2 N–H and O–H groups in total. The van der Waals surface area contributed by atoms with Gasteiger partial charge in [0.2, 0.25) is 5.78 Å². The molecule has 3 aromatic rings. The van der Waals surface area contributed by atoms with Crippen LogP contribution in [-0.2, 0) is 0 Å². The summed E-state index contributed by atoms with van der Waals surface area (Å²) in [4.78, 5) is 16.0. The fraction of sp³-hybridized carbons (Fsp3) is 0.318. The lowest BCUT2D eigenvalue weighted by Crippen LogP contribution is -2.31. The fourth-order valence-corrected chi connectivity index (χ4v) is 4.53. The van der Waals surface area contributed by atoms with E-state index < -0.39 is 0 Å². The first-order valence-corrected chi connectivity index (χ1v) is 10.3. The Kier molecular flexibility index (Phi) is 4.89. The third-order valence-corrected chi connectivity index (χ3v) is 5.97. The summed E-state index contributed by atoms with van der Waals surface area (Å²) in [6, 6.07) is 9.61. The summed E-state index contributed by atoms with van der Waals surface area (Å²) >= 11 is 1.48. The molecule has 2 aromatic heterocycles. The van der Waals surface area contributed by atoms with Gasteiger partial charge in [-0.1, -0.05) is 26.0 Å². The fourth-order valence-electron chi connectivity index (χ4n) is 3.84. The van der Waals surface area contributed by atoms with Gasteiger partial charge in [0.1, 0.15) is 0 Å². The SMILES string of the molecule is CC(C)CN1CC=C(c2cn(N)c3ccc(C(=O)c4cccs4)cc23)CC1. The van der Waals surface area contributed by atoms with E-state index in [1.165, 1.54) is 16.9 Å². The van der Waals surface area contributed by atoms with Crippen LogP contribution in [0.1, 0.15) is 41.1 Å². The van der Waals surface area contributed by atoms with Crippen LogP contribution >= 0.6 is 11.3 Å². The first-order valence-electron chi connectivity index (χ1n) is 9.43. The summed E-state index contributed by atoms with van der Waals surface area (Å²) in [5.74, 6) is 6.94. The van der Waals surface area contributed by atoms with Crippen LogP contribution < -0.4 is 5.84 Å². The number of rotatable bonds is 5. The van der Waals surface area contributed by atoms with Crippen molar-refractivity contribution in [1.82, 2.24) is 9.58 Å². The highest BCUT2D eigenvalue weighted by Gasteiger charge is 2.19. The average molecular weight is 380 g/mol. The first-order chi connectivity index (χ1) is 13.0. The lowest BCUT2D eigenvalue weighted by molar-refractivity contribution is 0.104. The van der Waals surface area contributed by atoms with E-state index in [2.05, 4.69) is 24.8 Å². The van der Waals surface area contributed by atoms with Crippen molar-refractivity contribution in [2.24, 2.45) is 5.92 Å². The van der Waals surface area contributed by atoms with Gasteiger partial charge in [0, 0.05) is 42.3 Å². The van der Waals surface area contributed by atoms with Gasteiger partial charge >= 0.3 is 0 Å². The molecule has 0 saturated carbocycles. The third kappa shape index (κ3) is 3.57. The van der Waals surface area contributed by atoms with Crippen molar-refractivity contribution in [2.75, 3.05) is 25.5 Å². The normalized spacial score (nSPS) is 15.4. The molecule has 1 aliphatic heterocycles. The molecule has 0 bridgehead atoms. The predicted octanol–water partition coefficient (Wildman–Crippen LogP) is 4.39. The molecule has 1 aliphatic rings. The van der Waals surface area contributed by atoms with E-state index in [0.717, 1.165) is 53.0 Å². The van der Waals surface area contributed by atoms with Crippen LogP contribution in [-0.4, -0.2) is 35.0 Å². The zero-order valence-corrected chi connectivity index (χ0v) is 16.6. The Hall–Kier alpha value is -2.37. The molecule has 0 fully saturated rings. The largest absolute Gasteiger partial charge is 0.339 e. The Morgan fingerprint density at radius 2 is 2.15 bits per heavy atom. The number of thiophene rings is 1. The van der Waals surface area contributed by atoms with Crippen molar-refractivity contribution in [2.45, 2.75) is 20.3 Å². The molecule has 0 radical (unpaired) electrons. The molecule has 140 valence electrons. The average Bonchev–Trinajstić information content (AvgIpc) is 3.30. The Labute approximate surface area is 163 Å². The van der Waals surface area contributed by atoms with Gasteiger partial charge in [0.25, 0.3) is 0 Å². The third-order valence-electron chi connectivity index (χ3n) is 5.10. The highest BCUT2D eigenvalue weighted by molar-refractivity contribution is 7.12. The van der Waals surface area contributed by atoms with E-state index in [4.69, 9.17) is 5.84 Å². The van der Waals surface area contributed by atoms with E-state index in [1.807, 2.05) is 41.9 Å². The van der Waals surface area contributed by atoms with Crippen molar-refractivity contribution < 1.29 is 4.79 Å². The molecule has 0 saturated heterocycles. The molecule has 0 aliphatic carbocycles. The zero-order valence-electron chi connectivity index (χ0n) is 15.8. The summed E-state index contributed by atoms with van der Waals surface area (Å²) in [5, 5.41) is 2.99. The van der Waals surface area contributed by atoms with E-state index in [1.54, 1.807) is 4.68 Å². The van der Waals surface area contributed by atoms with Gasteiger partial charge < -0.3 is 5.84 Å². The van der Waals surface area contributed by atoms with E-state index in [9.17, 15) is 4.79 Å². The van der Waals surface area contributed by atoms with Crippen LogP contribution in [0.15, 0.2) is 48.0 Å². The number of ketones is 1. The number of carbonyl (C=O) groups excluding carboxylic acids is 1. The van der Waals surface area contributed by atoms with Gasteiger partial charge in [-0.3, -0.25) is 14.4 Å². The Morgan fingerprint density at radius 1 is 1.30 bits per heavy atom. The van der Waals surface area contributed by atoms with Crippen LogP contribution in [0.5, 0.6) is 0 Å². The molecule has 27 heavy (non-hydrogen) atoms. The van der Waals surface area contributed by atoms with Gasteiger partial charge in [0.15, 0.2) is 0 Å². The second-order valence-corrected chi connectivity index (χ2v) is 8.57. The topological polar surface area (TPSA) is 51.3 Å². The van der Waals surface area contributed by atoms with Crippen LogP contribution in [0.2, 0.25) is 0 Å². The van der Waals surface area contributed by atoms with Crippen molar-refractivity contribution in [3.63, 3.8) is 0 Å². The summed E-state index contributed by atoms with van der Waals surface area (Å²) < 4.78 is 1.67. The minimum atomic E-state index is 0.0725. The van der Waals surface area contributed by atoms with Crippen molar-refractivity contribution in [1.29, 1.82) is 0 Å². The van der Waals surface area contributed by atoms with Gasteiger partial charge in [-0.2, -0.15) is 0 Å². The second-order valence-electron chi connectivity index (χ2n) is 7.62. The Morgan fingerprint density at radius 3 is 2.81 bits per heavy atom. The molecule has 0 atom stereocenters. The van der Waals surface area contributed by atoms with Crippen LogP contribution in [0, 0.1) is 5.92 Å². The standard InChI is InChI=1S/C22H25N3OS/c1-15(2)13-24-9-7-16(8-10-24)19-14-25(23)20-6-5-17(12-18(19)20)22(26)21-4-3-11-27-21/h3-7,11-12,14-15H,8-10,13,23H2,1-2H3. The monoisotopic (exact) mass is 379 g/mol. The summed E-state index contributed by atoms with van der Waals surface area (Å²) in [6.07, 6.45) is 5.32. The number of nitrogen functional groups attached to an aromatic ring is 1. The van der Waals surface area contributed by atoms with E-state index in [0.29, 0.717) is 5.92 Å². The summed E-state index contributed by atoms with van der Waals surface area (Å²) in [6.45, 7) is 7.68. The maximum absolute atomic E-state index is 12.7. The van der Waals surface area contributed by atoms with Crippen LogP contribution in [0.3, 0.4) is 0 Å². The molecule has 0 amide bonds. The number of benzene rings is 1. The molecular formula is C22H25N3OS. The predicted molar refractivity (Wildman–Crippen MR) is 114 cm³/mol. The number of carbonyl (C=O) groups is 1. The Balaban J connectivity index is 1.68. The molecule has 1 aromatic carbocycles. The number of fused-ring (bicyclic) bond motifs is 1. The molecule has 5 heteroatoms. The number of nitrogens with two attached hydrogens (primary N) is 1. The molecule has 4 nitrogen and oxygen atoms in total. The minimum absolute atomic E-state index is 0.0725. The van der Waals surface area contributed by atoms with Gasteiger partial charge in [-0.25, -0.2) is 0 Å². The number of hydrogen-bond acceptors (Lipinski definition) is 4. The minimum Gasteiger partial charge on any atom is -0.339 e. The summed E-state index contributed by atoms with van der Waals surface area (Å²) in [7, 11) is 0.